The molecule has 0 saturated carbocycles. The van der Waals surface area contributed by atoms with E-state index < -0.39 is 0 Å². The third-order valence-corrected chi connectivity index (χ3v) is 6.47. The molecule has 0 aromatic heterocycles. The number of piperidine rings is 1. The molecule has 0 aliphatic carbocycles. The van der Waals surface area contributed by atoms with Gasteiger partial charge in [0.05, 0.1) is 0 Å². The summed E-state index contributed by atoms with van der Waals surface area (Å²) in [4.78, 5) is 31.8. The fourth-order valence-electron chi connectivity index (χ4n) is 4.32. The molecule has 170 valence electrons. The van der Waals surface area contributed by atoms with Crippen molar-refractivity contribution >= 4 is 17.5 Å². The molecule has 2 aliphatic heterocycles. The summed E-state index contributed by atoms with van der Waals surface area (Å²) in [5.74, 6) is -0.577. The van der Waals surface area contributed by atoms with Crippen LogP contribution < -0.4 is 5.32 Å². The zero-order chi connectivity index (χ0) is 22.5. The molecular weight excluding hydrogens is 407 g/mol. The molecular formula is C25H31FN4O2. The third-order valence-electron chi connectivity index (χ3n) is 6.47. The van der Waals surface area contributed by atoms with Crippen molar-refractivity contribution in [2.24, 2.45) is 5.92 Å². The smallest absolute Gasteiger partial charge is 0.253 e. The van der Waals surface area contributed by atoms with Crippen LogP contribution in [0.5, 0.6) is 0 Å². The van der Waals surface area contributed by atoms with Gasteiger partial charge in [0.15, 0.2) is 0 Å². The van der Waals surface area contributed by atoms with Gasteiger partial charge >= 0.3 is 0 Å². The van der Waals surface area contributed by atoms with Crippen LogP contribution in [0, 0.1) is 11.7 Å². The number of carbonyl (C=O) groups is 2. The van der Waals surface area contributed by atoms with Crippen LogP contribution in [0.25, 0.3) is 0 Å². The van der Waals surface area contributed by atoms with E-state index >= 15 is 0 Å². The number of nitrogens with one attached hydrogen (secondary N) is 1. The molecule has 0 radical (unpaired) electrons. The summed E-state index contributed by atoms with van der Waals surface area (Å²) in [7, 11) is 2.15. The SMILES string of the molecule is CN1CCN(Cc2ccc(NC(=O)C3CCN(C(=O)c4ccc(F)cc4)CC3)cc2)CC1. The summed E-state index contributed by atoms with van der Waals surface area (Å²) >= 11 is 0. The second-order valence-corrected chi connectivity index (χ2v) is 8.84. The van der Waals surface area contributed by atoms with Gasteiger partial charge in [-0.15, -0.1) is 0 Å². The first-order valence-corrected chi connectivity index (χ1v) is 11.3. The van der Waals surface area contributed by atoms with Crippen LogP contribution in [-0.4, -0.2) is 72.8 Å². The van der Waals surface area contributed by atoms with E-state index in [2.05, 4.69) is 34.3 Å². The van der Waals surface area contributed by atoms with Crippen LogP contribution in [0.3, 0.4) is 0 Å². The molecule has 7 heteroatoms. The average Bonchev–Trinajstić information content (AvgIpc) is 2.82. The average molecular weight is 439 g/mol. The van der Waals surface area contributed by atoms with Gasteiger partial charge in [-0.05, 0) is 61.9 Å². The van der Waals surface area contributed by atoms with E-state index in [0.29, 0.717) is 31.5 Å². The summed E-state index contributed by atoms with van der Waals surface area (Å²) in [6.07, 6.45) is 1.25. The highest BCUT2D eigenvalue weighted by molar-refractivity contribution is 5.95. The van der Waals surface area contributed by atoms with E-state index in [4.69, 9.17) is 0 Å². The molecule has 2 saturated heterocycles. The highest BCUT2D eigenvalue weighted by Gasteiger charge is 2.28. The zero-order valence-corrected chi connectivity index (χ0v) is 18.6. The fourth-order valence-corrected chi connectivity index (χ4v) is 4.32. The number of benzene rings is 2. The lowest BCUT2D eigenvalue weighted by Gasteiger charge is -2.32. The van der Waals surface area contributed by atoms with Gasteiger partial charge in [-0.3, -0.25) is 14.5 Å². The first kappa shape index (κ1) is 22.4. The van der Waals surface area contributed by atoms with Gasteiger partial charge in [-0.1, -0.05) is 12.1 Å². The van der Waals surface area contributed by atoms with Gasteiger partial charge in [-0.25, -0.2) is 4.39 Å². The molecule has 2 amide bonds. The number of anilines is 1. The van der Waals surface area contributed by atoms with Gasteiger partial charge in [0.2, 0.25) is 5.91 Å². The Morgan fingerprint density at radius 3 is 2.16 bits per heavy atom. The molecule has 0 spiro atoms. The van der Waals surface area contributed by atoms with Crippen LogP contribution >= 0.6 is 0 Å². The second kappa shape index (κ2) is 10.2. The number of amides is 2. The van der Waals surface area contributed by atoms with Gasteiger partial charge in [0.1, 0.15) is 5.82 Å². The van der Waals surface area contributed by atoms with Crippen molar-refractivity contribution in [2.75, 3.05) is 51.6 Å². The van der Waals surface area contributed by atoms with E-state index in [9.17, 15) is 14.0 Å². The molecule has 0 unspecified atom stereocenters. The van der Waals surface area contributed by atoms with Crippen molar-refractivity contribution in [3.8, 4) is 0 Å². The summed E-state index contributed by atoms with van der Waals surface area (Å²) in [6, 6.07) is 13.7. The molecule has 2 aromatic carbocycles. The summed E-state index contributed by atoms with van der Waals surface area (Å²) in [5, 5.41) is 3.03. The normalized spacial score (nSPS) is 18.5. The largest absolute Gasteiger partial charge is 0.339 e. The molecule has 1 N–H and O–H groups in total. The molecule has 2 heterocycles. The van der Waals surface area contributed by atoms with Gasteiger partial charge in [-0.2, -0.15) is 0 Å². The lowest BCUT2D eigenvalue weighted by molar-refractivity contribution is -0.121. The van der Waals surface area contributed by atoms with Crippen LogP contribution in [0.4, 0.5) is 10.1 Å². The van der Waals surface area contributed by atoms with Gasteiger partial charge in [0.25, 0.3) is 5.91 Å². The number of likely N-dealkylation sites (tertiary alicyclic amines) is 1. The lowest BCUT2D eigenvalue weighted by atomic mass is 9.95. The summed E-state index contributed by atoms with van der Waals surface area (Å²) in [5.41, 5.74) is 2.54. The summed E-state index contributed by atoms with van der Waals surface area (Å²) < 4.78 is 13.1. The quantitative estimate of drug-likeness (QED) is 0.780. The number of rotatable bonds is 5. The Morgan fingerprint density at radius 1 is 0.906 bits per heavy atom. The van der Waals surface area contributed by atoms with E-state index in [1.165, 1.54) is 29.8 Å². The highest BCUT2D eigenvalue weighted by Crippen LogP contribution is 2.22. The van der Waals surface area contributed by atoms with Crippen LogP contribution in [0.1, 0.15) is 28.8 Å². The molecule has 2 aromatic rings. The van der Waals surface area contributed by atoms with E-state index in [1.807, 2.05) is 12.1 Å². The van der Waals surface area contributed by atoms with Gasteiger partial charge < -0.3 is 15.1 Å². The minimum atomic E-state index is -0.357. The number of carbonyl (C=O) groups excluding carboxylic acids is 2. The molecule has 32 heavy (non-hydrogen) atoms. The standard InChI is InChI=1S/C25H31FN4O2/c1-28-14-16-29(17-15-28)18-19-2-8-23(9-3-19)27-24(31)20-10-12-30(13-11-20)25(32)21-4-6-22(26)7-5-21/h2-9,20H,10-18H2,1H3,(H,27,31). The predicted molar refractivity (Wildman–Crippen MR) is 123 cm³/mol. The molecule has 2 fully saturated rings. The number of nitrogens with zero attached hydrogens (tertiary/aromatic N) is 3. The Morgan fingerprint density at radius 2 is 1.53 bits per heavy atom. The topological polar surface area (TPSA) is 55.9 Å². The first-order chi connectivity index (χ1) is 15.5. The number of piperazine rings is 1. The number of hydrogen-bond acceptors (Lipinski definition) is 4. The van der Waals surface area contributed by atoms with Crippen molar-refractivity contribution in [2.45, 2.75) is 19.4 Å². The summed E-state index contributed by atoms with van der Waals surface area (Å²) in [6.45, 7) is 6.35. The Hall–Kier alpha value is -2.77. The minimum Gasteiger partial charge on any atom is -0.339 e. The maximum atomic E-state index is 13.1. The maximum Gasteiger partial charge on any atom is 0.253 e. The molecule has 0 atom stereocenters. The third kappa shape index (κ3) is 5.72. The van der Waals surface area contributed by atoms with Crippen molar-refractivity contribution in [1.29, 1.82) is 0 Å². The molecule has 0 bridgehead atoms. The highest BCUT2D eigenvalue weighted by atomic mass is 19.1. The van der Waals surface area contributed by atoms with Crippen molar-refractivity contribution in [3.05, 3.63) is 65.5 Å². The van der Waals surface area contributed by atoms with Crippen LogP contribution in [0.2, 0.25) is 0 Å². The number of halogens is 1. The first-order valence-electron chi connectivity index (χ1n) is 11.3. The number of likely N-dealkylation sites (N-methyl/N-ethyl adjacent to an activating group) is 1. The van der Waals surface area contributed by atoms with E-state index in [1.54, 1.807) is 4.90 Å². The molecule has 4 rings (SSSR count). The van der Waals surface area contributed by atoms with Crippen molar-refractivity contribution in [1.82, 2.24) is 14.7 Å². The fraction of sp³-hybridized carbons (Fsp3) is 0.440. The second-order valence-electron chi connectivity index (χ2n) is 8.84. The van der Waals surface area contributed by atoms with E-state index in [0.717, 1.165) is 38.4 Å². The number of hydrogen-bond donors (Lipinski definition) is 1. The van der Waals surface area contributed by atoms with E-state index in [-0.39, 0.29) is 23.5 Å². The Labute approximate surface area is 189 Å². The van der Waals surface area contributed by atoms with Crippen molar-refractivity contribution < 1.29 is 14.0 Å². The minimum absolute atomic E-state index is 0.00528. The predicted octanol–water partition coefficient (Wildman–Crippen LogP) is 3.06. The van der Waals surface area contributed by atoms with Crippen LogP contribution in [-0.2, 0) is 11.3 Å². The Bertz CT molecular complexity index is 916. The Balaban J connectivity index is 1.24. The monoisotopic (exact) mass is 438 g/mol. The van der Waals surface area contributed by atoms with Crippen molar-refractivity contribution in [3.63, 3.8) is 0 Å². The van der Waals surface area contributed by atoms with Gasteiger partial charge in [0, 0.05) is 63.0 Å². The molecule has 6 nitrogen and oxygen atoms in total. The Kier molecular flexibility index (Phi) is 7.17. The molecule has 2 aliphatic rings. The maximum absolute atomic E-state index is 13.1. The zero-order valence-electron chi connectivity index (χ0n) is 18.6. The van der Waals surface area contributed by atoms with Crippen LogP contribution in [0.15, 0.2) is 48.5 Å². The lowest BCUT2D eigenvalue weighted by Crippen LogP contribution is -2.43.